The van der Waals surface area contributed by atoms with Crippen molar-refractivity contribution in [2.45, 2.75) is 64.2 Å². The Labute approximate surface area is 119 Å². The molecule has 20 heavy (non-hydrogen) atoms. The molecule has 0 unspecified atom stereocenters. The fourth-order valence-electron chi connectivity index (χ4n) is 1.92. The quantitative estimate of drug-likeness (QED) is 0.590. The predicted molar refractivity (Wildman–Crippen MR) is 73.1 cm³/mol. The Kier molecular flexibility index (Phi) is 5.64. The molecule has 1 aliphatic rings. The SMILES string of the molecule is CC(C)(C)OC(=O)N=NC1CCC(OS(C)(=O)=O)CC1. The van der Waals surface area contributed by atoms with Gasteiger partial charge in [-0.3, -0.25) is 4.18 Å². The van der Waals surface area contributed by atoms with Gasteiger partial charge in [0.15, 0.2) is 0 Å². The molecule has 0 spiro atoms. The molecule has 0 bridgehead atoms. The van der Waals surface area contributed by atoms with Crippen LogP contribution in [-0.4, -0.2) is 38.5 Å². The van der Waals surface area contributed by atoms with Crippen LogP contribution in [0.1, 0.15) is 46.5 Å². The molecule has 1 saturated carbocycles. The number of hydrogen-bond donors (Lipinski definition) is 0. The van der Waals surface area contributed by atoms with Gasteiger partial charge in [0.25, 0.3) is 10.1 Å². The fourth-order valence-corrected chi connectivity index (χ4v) is 2.60. The van der Waals surface area contributed by atoms with E-state index in [-0.39, 0.29) is 12.1 Å². The molecule has 0 N–H and O–H groups in total. The van der Waals surface area contributed by atoms with Crippen LogP contribution in [0.15, 0.2) is 10.2 Å². The molecule has 7 nitrogen and oxygen atoms in total. The summed E-state index contributed by atoms with van der Waals surface area (Å²) in [5.41, 5.74) is -0.586. The Morgan fingerprint density at radius 1 is 1.15 bits per heavy atom. The lowest BCUT2D eigenvalue weighted by molar-refractivity contribution is 0.0585. The first-order valence-electron chi connectivity index (χ1n) is 6.57. The number of carbonyl (C=O) groups is 1. The average molecular weight is 306 g/mol. The van der Waals surface area contributed by atoms with Gasteiger partial charge in [0, 0.05) is 0 Å². The van der Waals surface area contributed by atoms with Crippen molar-refractivity contribution in [3.63, 3.8) is 0 Å². The van der Waals surface area contributed by atoms with Crippen LogP contribution in [0.2, 0.25) is 0 Å². The summed E-state index contributed by atoms with van der Waals surface area (Å²) in [6.07, 6.45) is 2.51. The summed E-state index contributed by atoms with van der Waals surface area (Å²) in [5.74, 6) is 0. The summed E-state index contributed by atoms with van der Waals surface area (Å²) in [6, 6.07) is -0.0815. The zero-order valence-electron chi connectivity index (χ0n) is 12.3. The second-order valence-electron chi connectivity index (χ2n) is 5.93. The predicted octanol–water partition coefficient (Wildman–Crippen LogP) is 2.66. The van der Waals surface area contributed by atoms with Crippen molar-refractivity contribution >= 4 is 16.2 Å². The van der Waals surface area contributed by atoms with Gasteiger partial charge >= 0.3 is 6.09 Å². The van der Waals surface area contributed by atoms with Crippen LogP contribution < -0.4 is 0 Å². The number of ether oxygens (including phenoxy) is 1. The lowest BCUT2D eigenvalue weighted by atomic mass is 9.94. The van der Waals surface area contributed by atoms with Crippen molar-refractivity contribution in [1.82, 2.24) is 0 Å². The first-order valence-corrected chi connectivity index (χ1v) is 8.39. The molecular weight excluding hydrogens is 284 g/mol. The number of carbonyl (C=O) groups excluding carboxylic acids is 1. The Morgan fingerprint density at radius 2 is 1.70 bits per heavy atom. The van der Waals surface area contributed by atoms with Crippen LogP contribution in [0.4, 0.5) is 4.79 Å². The Balaban J connectivity index is 2.37. The number of nitrogens with zero attached hydrogens (tertiary/aromatic N) is 2. The van der Waals surface area contributed by atoms with Gasteiger partial charge in [-0.15, -0.1) is 0 Å². The standard InChI is InChI=1S/C12H22N2O5S/c1-12(2,3)18-11(15)14-13-9-5-7-10(8-6-9)19-20(4,16)17/h9-10H,5-8H2,1-4H3. The molecule has 0 atom stereocenters. The van der Waals surface area contributed by atoms with Crippen molar-refractivity contribution in [2.75, 3.05) is 6.26 Å². The van der Waals surface area contributed by atoms with Crippen molar-refractivity contribution in [3.05, 3.63) is 0 Å². The highest BCUT2D eigenvalue weighted by Gasteiger charge is 2.24. The minimum atomic E-state index is -3.42. The summed E-state index contributed by atoms with van der Waals surface area (Å²) in [7, 11) is -3.42. The smallest absolute Gasteiger partial charge is 0.441 e. The number of hydrogen-bond acceptors (Lipinski definition) is 6. The molecule has 1 amide bonds. The molecule has 1 aliphatic carbocycles. The minimum absolute atomic E-state index is 0.0815. The van der Waals surface area contributed by atoms with Crippen LogP contribution >= 0.6 is 0 Å². The zero-order valence-corrected chi connectivity index (χ0v) is 13.1. The number of amides is 1. The maximum absolute atomic E-state index is 11.4. The Bertz CT molecular complexity index is 459. The highest BCUT2D eigenvalue weighted by atomic mass is 32.2. The van der Waals surface area contributed by atoms with E-state index < -0.39 is 21.8 Å². The molecule has 0 aromatic heterocycles. The van der Waals surface area contributed by atoms with Crippen molar-refractivity contribution in [3.8, 4) is 0 Å². The maximum atomic E-state index is 11.4. The highest BCUT2D eigenvalue weighted by molar-refractivity contribution is 7.86. The van der Waals surface area contributed by atoms with E-state index in [4.69, 9.17) is 8.92 Å². The van der Waals surface area contributed by atoms with E-state index in [2.05, 4.69) is 10.2 Å². The van der Waals surface area contributed by atoms with E-state index in [9.17, 15) is 13.2 Å². The van der Waals surface area contributed by atoms with E-state index in [0.29, 0.717) is 25.7 Å². The van der Waals surface area contributed by atoms with Gasteiger partial charge in [-0.05, 0) is 46.5 Å². The summed E-state index contributed by atoms with van der Waals surface area (Å²) in [4.78, 5) is 11.4. The molecule has 8 heteroatoms. The van der Waals surface area contributed by atoms with Crippen LogP contribution in [-0.2, 0) is 19.0 Å². The topological polar surface area (TPSA) is 94.4 Å². The molecule has 1 rings (SSSR count). The molecule has 0 aromatic carbocycles. The highest BCUT2D eigenvalue weighted by Crippen LogP contribution is 2.24. The molecular formula is C12H22N2O5S. The molecule has 1 fully saturated rings. The molecule has 0 saturated heterocycles. The van der Waals surface area contributed by atoms with Crippen LogP contribution in [0.25, 0.3) is 0 Å². The molecule has 0 aromatic rings. The van der Waals surface area contributed by atoms with Crippen molar-refractivity contribution < 1.29 is 22.1 Å². The minimum Gasteiger partial charge on any atom is -0.441 e. The van der Waals surface area contributed by atoms with E-state index in [1.807, 2.05) is 0 Å². The lowest BCUT2D eigenvalue weighted by Gasteiger charge is -2.24. The summed E-state index contributed by atoms with van der Waals surface area (Å²) >= 11 is 0. The Hall–Kier alpha value is -1.02. The second kappa shape index (κ2) is 6.62. The van der Waals surface area contributed by atoms with Gasteiger partial charge in [-0.2, -0.15) is 13.5 Å². The fraction of sp³-hybridized carbons (Fsp3) is 0.917. The van der Waals surface area contributed by atoms with Gasteiger partial charge in [-0.1, -0.05) is 5.11 Å². The third-order valence-corrected chi connectivity index (χ3v) is 3.27. The van der Waals surface area contributed by atoms with Gasteiger partial charge in [0.05, 0.1) is 18.4 Å². The van der Waals surface area contributed by atoms with Crippen molar-refractivity contribution in [1.29, 1.82) is 0 Å². The molecule has 0 heterocycles. The second-order valence-corrected chi connectivity index (χ2v) is 7.53. The largest absolute Gasteiger partial charge is 0.452 e. The van der Waals surface area contributed by atoms with E-state index in [1.54, 1.807) is 20.8 Å². The number of azo groups is 1. The van der Waals surface area contributed by atoms with Gasteiger partial charge in [0.1, 0.15) is 5.60 Å². The molecule has 116 valence electrons. The third kappa shape index (κ3) is 7.54. The first kappa shape index (κ1) is 17.0. The van der Waals surface area contributed by atoms with Gasteiger partial charge in [0.2, 0.25) is 0 Å². The molecule has 0 radical (unpaired) electrons. The van der Waals surface area contributed by atoms with Gasteiger partial charge in [-0.25, -0.2) is 4.79 Å². The van der Waals surface area contributed by atoms with Crippen LogP contribution in [0, 0.1) is 0 Å². The summed E-state index contributed by atoms with van der Waals surface area (Å²) < 4.78 is 31.9. The van der Waals surface area contributed by atoms with E-state index >= 15 is 0 Å². The number of rotatable bonds is 3. The first-order chi connectivity index (χ1) is 9.05. The van der Waals surface area contributed by atoms with Gasteiger partial charge < -0.3 is 4.74 Å². The van der Waals surface area contributed by atoms with Crippen LogP contribution in [0.5, 0.6) is 0 Å². The van der Waals surface area contributed by atoms with Crippen molar-refractivity contribution in [2.24, 2.45) is 10.2 Å². The summed E-state index contributed by atoms with van der Waals surface area (Å²) in [6.45, 7) is 5.27. The maximum Gasteiger partial charge on any atom is 0.452 e. The Morgan fingerprint density at radius 3 is 2.15 bits per heavy atom. The normalized spacial score (nSPS) is 24.8. The van der Waals surface area contributed by atoms with E-state index in [1.165, 1.54) is 0 Å². The monoisotopic (exact) mass is 306 g/mol. The average Bonchev–Trinajstić information content (AvgIpc) is 2.23. The van der Waals surface area contributed by atoms with Crippen LogP contribution in [0.3, 0.4) is 0 Å². The lowest BCUT2D eigenvalue weighted by Crippen LogP contribution is -2.26. The summed E-state index contributed by atoms with van der Waals surface area (Å²) in [5, 5.41) is 7.48. The zero-order chi connectivity index (χ0) is 15.4. The van der Waals surface area contributed by atoms with E-state index in [0.717, 1.165) is 6.26 Å². The third-order valence-electron chi connectivity index (χ3n) is 2.65. The molecule has 0 aliphatic heterocycles.